The molecule has 0 fully saturated rings. The van der Waals surface area contributed by atoms with Gasteiger partial charge in [0, 0.05) is 57.5 Å². The predicted octanol–water partition coefficient (Wildman–Crippen LogP) is 3.59. The molecule has 218 valence electrons. The van der Waals surface area contributed by atoms with Crippen molar-refractivity contribution in [3.63, 3.8) is 0 Å². The highest BCUT2D eigenvalue weighted by atomic mass is 19.4. The maximum absolute atomic E-state index is 10.6. The molecule has 40 heavy (non-hydrogen) atoms. The first-order valence-corrected chi connectivity index (χ1v) is 11.5. The molecule has 0 atom stereocenters. The number of alkyl halides is 6. The molecule has 0 radical (unpaired) electrons. The van der Waals surface area contributed by atoms with Crippen molar-refractivity contribution in [3.05, 3.63) is 77.9 Å². The van der Waals surface area contributed by atoms with Gasteiger partial charge in [-0.05, 0) is 30.8 Å². The van der Waals surface area contributed by atoms with E-state index in [-0.39, 0.29) is 0 Å². The zero-order valence-electron chi connectivity index (χ0n) is 21.1. The molecule has 2 N–H and O–H groups in total. The van der Waals surface area contributed by atoms with Gasteiger partial charge in [-0.1, -0.05) is 12.1 Å². The van der Waals surface area contributed by atoms with Crippen molar-refractivity contribution in [1.29, 1.82) is 0 Å². The topological polar surface area (TPSA) is 125 Å². The number of halogens is 6. The van der Waals surface area contributed by atoms with Gasteiger partial charge in [-0.2, -0.15) is 26.3 Å². The molecule has 0 saturated carbocycles. The van der Waals surface area contributed by atoms with Gasteiger partial charge in [-0.3, -0.25) is 19.8 Å². The number of carboxylic acid groups (broad SMARTS) is 2. The lowest BCUT2D eigenvalue weighted by atomic mass is 10.2. The standard InChI is InChI=1S/C20H24N6.2C2HF3O2/c1-24(12-17-5-4-7-21-11-17)13-19-15-26-10-9-25(16-20(26)23-19)14-18-6-2-3-8-22-18;2*3-2(4,5)1(6)7/h2-8,11,15H,9-10,12-14,16H2,1H3;2*(H,6,7). The second-order valence-corrected chi connectivity index (χ2v) is 8.51. The van der Waals surface area contributed by atoms with E-state index >= 15 is 0 Å². The first-order chi connectivity index (χ1) is 18.6. The quantitative estimate of drug-likeness (QED) is 0.424. The number of fused-ring (bicyclic) bond motifs is 1. The zero-order chi connectivity index (χ0) is 29.9. The van der Waals surface area contributed by atoms with E-state index in [2.05, 4.69) is 49.7 Å². The Kier molecular flexibility index (Phi) is 11.6. The number of imidazole rings is 1. The van der Waals surface area contributed by atoms with Gasteiger partial charge in [0.25, 0.3) is 0 Å². The number of aromatic nitrogens is 4. The number of carboxylic acids is 2. The highest BCUT2D eigenvalue weighted by Crippen LogP contribution is 2.17. The molecule has 3 aromatic rings. The molecule has 4 rings (SSSR count). The van der Waals surface area contributed by atoms with Crippen LogP contribution in [-0.4, -0.2) is 77.4 Å². The minimum absolute atomic E-state index is 0.842. The number of aliphatic carboxylic acids is 2. The van der Waals surface area contributed by atoms with Crippen LogP contribution in [0.25, 0.3) is 0 Å². The Bertz CT molecular complexity index is 1200. The van der Waals surface area contributed by atoms with Crippen LogP contribution < -0.4 is 0 Å². The minimum Gasteiger partial charge on any atom is -0.475 e. The van der Waals surface area contributed by atoms with Gasteiger partial charge in [0.15, 0.2) is 0 Å². The smallest absolute Gasteiger partial charge is 0.475 e. The molecule has 0 bridgehead atoms. The van der Waals surface area contributed by atoms with E-state index < -0.39 is 24.3 Å². The molecule has 1 aliphatic rings. The summed E-state index contributed by atoms with van der Waals surface area (Å²) in [6.07, 6.45) is -2.38. The summed E-state index contributed by atoms with van der Waals surface area (Å²) in [7, 11) is 2.12. The molecule has 0 spiro atoms. The van der Waals surface area contributed by atoms with E-state index in [0.29, 0.717) is 0 Å². The lowest BCUT2D eigenvalue weighted by Crippen LogP contribution is -2.33. The van der Waals surface area contributed by atoms with Gasteiger partial charge in [0.1, 0.15) is 5.82 Å². The summed E-state index contributed by atoms with van der Waals surface area (Å²) >= 11 is 0. The molecule has 0 aromatic carbocycles. The zero-order valence-corrected chi connectivity index (χ0v) is 21.1. The Morgan fingerprint density at radius 3 is 2.10 bits per heavy atom. The highest BCUT2D eigenvalue weighted by molar-refractivity contribution is 5.73. The normalized spacial score (nSPS) is 13.4. The maximum atomic E-state index is 10.6. The summed E-state index contributed by atoms with van der Waals surface area (Å²) < 4.78 is 65.8. The second-order valence-electron chi connectivity index (χ2n) is 8.51. The fourth-order valence-corrected chi connectivity index (χ4v) is 3.43. The molecular formula is C24H26F6N6O4. The van der Waals surface area contributed by atoms with Crippen LogP contribution in [0, 0.1) is 0 Å². The van der Waals surface area contributed by atoms with Crippen LogP contribution in [0.3, 0.4) is 0 Å². The van der Waals surface area contributed by atoms with Crippen molar-refractivity contribution in [2.24, 2.45) is 0 Å². The van der Waals surface area contributed by atoms with Crippen LogP contribution in [-0.2, 0) is 42.3 Å². The minimum atomic E-state index is -5.08. The van der Waals surface area contributed by atoms with E-state index in [0.717, 1.165) is 56.5 Å². The van der Waals surface area contributed by atoms with Crippen LogP contribution in [0.5, 0.6) is 0 Å². The largest absolute Gasteiger partial charge is 0.490 e. The first-order valence-electron chi connectivity index (χ1n) is 11.5. The molecule has 0 unspecified atom stereocenters. The number of hydrogen-bond donors (Lipinski definition) is 2. The number of carbonyl (C=O) groups is 2. The Morgan fingerprint density at radius 1 is 0.925 bits per heavy atom. The Balaban J connectivity index is 0.000000333. The number of nitrogens with zero attached hydrogens (tertiary/aromatic N) is 6. The van der Waals surface area contributed by atoms with Crippen molar-refractivity contribution in [2.75, 3.05) is 13.6 Å². The lowest BCUT2D eigenvalue weighted by molar-refractivity contribution is -0.193. The molecule has 4 heterocycles. The van der Waals surface area contributed by atoms with E-state index in [4.69, 9.17) is 24.8 Å². The maximum Gasteiger partial charge on any atom is 0.490 e. The van der Waals surface area contributed by atoms with Gasteiger partial charge in [-0.15, -0.1) is 0 Å². The SMILES string of the molecule is CN(Cc1cccnc1)Cc1cn2c(n1)CN(Cc1ccccn1)CC2.O=C(O)C(F)(F)F.O=C(O)C(F)(F)F. The van der Waals surface area contributed by atoms with Crippen LogP contribution >= 0.6 is 0 Å². The Morgan fingerprint density at radius 2 is 1.57 bits per heavy atom. The van der Waals surface area contributed by atoms with Crippen LogP contribution in [0.2, 0.25) is 0 Å². The fourth-order valence-electron chi connectivity index (χ4n) is 3.43. The van der Waals surface area contributed by atoms with Crippen LogP contribution in [0.4, 0.5) is 26.3 Å². The Labute approximate surface area is 224 Å². The summed E-state index contributed by atoms with van der Waals surface area (Å²) in [4.78, 5) is 36.0. The molecule has 0 aliphatic carbocycles. The average molecular weight is 576 g/mol. The molecule has 16 heteroatoms. The third-order valence-electron chi connectivity index (χ3n) is 5.14. The van der Waals surface area contributed by atoms with E-state index in [1.54, 1.807) is 0 Å². The van der Waals surface area contributed by atoms with Crippen LogP contribution in [0.1, 0.15) is 22.8 Å². The van der Waals surface area contributed by atoms with Gasteiger partial charge in [-0.25, -0.2) is 14.6 Å². The number of hydrogen-bond acceptors (Lipinski definition) is 7. The molecule has 1 aliphatic heterocycles. The van der Waals surface area contributed by atoms with E-state index in [9.17, 15) is 26.3 Å². The molecule has 0 amide bonds. The van der Waals surface area contributed by atoms with Gasteiger partial charge < -0.3 is 14.8 Å². The first kappa shape index (κ1) is 32.2. The summed E-state index contributed by atoms with van der Waals surface area (Å²) in [5.74, 6) is -4.36. The van der Waals surface area contributed by atoms with E-state index in [1.165, 1.54) is 5.56 Å². The monoisotopic (exact) mass is 576 g/mol. The van der Waals surface area contributed by atoms with Crippen LogP contribution in [0.15, 0.2) is 55.1 Å². The number of rotatable bonds is 6. The van der Waals surface area contributed by atoms with Gasteiger partial charge in [0.05, 0.1) is 17.9 Å². The molecule has 3 aromatic heterocycles. The lowest BCUT2D eigenvalue weighted by Gasteiger charge is -2.27. The summed E-state index contributed by atoms with van der Waals surface area (Å²) in [6.45, 7) is 5.50. The average Bonchev–Trinajstić information content (AvgIpc) is 3.26. The van der Waals surface area contributed by atoms with E-state index in [1.807, 2.05) is 36.8 Å². The fraction of sp³-hybridized carbons (Fsp3) is 0.375. The summed E-state index contributed by atoms with van der Waals surface area (Å²) in [5.41, 5.74) is 3.47. The van der Waals surface area contributed by atoms with Crippen molar-refractivity contribution in [1.82, 2.24) is 29.3 Å². The van der Waals surface area contributed by atoms with Crippen molar-refractivity contribution in [2.45, 2.75) is 45.1 Å². The third kappa shape index (κ3) is 11.4. The van der Waals surface area contributed by atoms with Gasteiger partial charge >= 0.3 is 24.3 Å². The van der Waals surface area contributed by atoms with Crippen molar-refractivity contribution < 1.29 is 46.1 Å². The molecular weight excluding hydrogens is 550 g/mol. The van der Waals surface area contributed by atoms with Crippen molar-refractivity contribution >= 4 is 11.9 Å². The second kappa shape index (κ2) is 14.4. The predicted molar refractivity (Wildman–Crippen MR) is 127 cm³/mol. The van der Waals surface area contributed by atoms with Crippen molar-refractivity contribution in [3.8, 4) is 0 Å². The summed E-state index contributed by atoms with van der Waals surface area (Å²) in [5, 5.41) is 14.2. The Hall–Kier alpha value is -4.05. The number of pyridine rings is 2. The highest BCUT2D eigenvalue weighted by Gasteiger charge is 2.38. The molecule has 0 saturated heterocycles. The third-order valence-corrected chi connectivity index (χ3v) is 5.14. The van der Waals surface area contributed by atoms with Gasteiger partial charge in [0.2, 0.25) is 0 Å². The molecule has 10 nitrogen and oxygen atoms in total. The summed E-state index contributed by atoms with van der Waals surface area (Å²) in [6, 6.07) is 10.2.